The zero-order valence-corrected chi connectivity index (χ0v) is 10.7. The Morgan fingerprint density at radius 3 is 2.67 bits per heavy atom. The first-order valence-electron chi connectivity index (χ1n) is 6.74. The lowest BCUT2D eigenvalue weighted by atomic mass is 9.81. The molecule has 2 atom stereocenters. The summed E-state index contributed by atoms with van der Waals surface area (Å²) >= 11 is 0. The van der Waals surface area contributed by atoms with Gasteiger partial charge in [-0.05, 0) is 37.3 Å². The van der Waals surface area contributed by atoms with Crippen LogP contribution in [0.1, 0.15) is 38.2 Å². The maximum absolute atomic E-state index is 12.1. The molecule has 1 aliphatic carbocycles. The maximum Gasteiger partial charge on any atom is 0.335 e. The van der Waals surface area contributed by atoms with Crippen molar-refractivity contribution in [2.75, 3.05) is 0 Å². The molecule has 0 N–H and O–H groups in total. The van der Waals surface area contributed by atoms with E-state index in [-0.39, 0.29) is 12.1 Å². The zero-order chi connectivity index (χ0) is 12.5. The number of hydrogen-bond acceptors (Lipinski definition) is 2. The van der Waals surface area contributed by atoms with E-state index in [0.29, 0.717) is 5.92 Å². The number of allylic oxidation sites excluding steroid dienone is 1. The topological polar surface area (TPSA) is 26.3 Å². The molecule has 1 aliphatic heterocycles. The molecule has 94 valence electrons. The van der Waals surface area contributed by atoms with Gasteiger partial charge < -0.3 is 4.74 Å². The minimum Gasteiger partial charge on any atom is -0.458 e. The van der Waals surface area contributed by atoms with Gasteiger partial charge in [0, 0.05) is 11.5 Å². The number of carbonyl (C=O) groups excluding carboxylic acids is 1. The van der Waals surface area contributed by atoms with Gasteiger partial charge in [-0.15, -0.1) is 0 Å². The van der Waals surface area contributed by atoms with Crippen molar-refractivity contribution in [3.63, 3.8) is 0 Å². The summed E-state index contributed by atoms with van der Waals surface area (Å²) in [6, 6.07) is 10.1. The summed E-state index contributed by atoms with van der Waals surface area (Å²) in [4.78, 5) is 12.1. The standard InChI is InChI=1S/C16H18O2/c1-11(12-7-3-2-4-8-12)15-13-9-5-6-10-14(13)18-16(15)17/h2-4,7-8,13-14H,5-6,9-10H2,1H3/b15-11+/t13-,14-/m0/s1. The fourth-order valence-electron chi connectivity index (χ4n) is 3.20. The highest BCUT2D eigenvalue weighted by Crippen LogP contribution is 2.41. The largest absolute Gasteiger partial charge is 0.458 e. The lowest BCUT2D eigenvalue weighted by molar-refractivity contribution is -0.139. The molecule has 0 unspecified atom stereocenters. The molecule has 0 bridgehead atoms. The number of rotatable bonds is 1. The Balaban J connectivity index is 2.01. The number of hydrogen-bond donors (Lipinski definition) is 0. The van der Waals surface area contributed by atoms with Gasteiger partial charge in [-0.2, -0.15) is 0 Å². The summed E-state index contributed by atoms with van der Waals surface area (Å²) in [6.07, 6.45) is 4.66. The van der Waals surface area contributed by atoms with Crippen LogP contribution in [-0.2, 0) is 9.53 Å². The van der Waals surface area contributed by atoms with Crippen LogP contribution in [0.4, 0.5) is 0 Å². The van der Waals surface area contributed by atoms with Crippen molar-refractivity contribution in [3.8, 4) is 0 Å². The van der Waals surface area contributed by atoms with E-state index < -0.39 is 0 Å². The molecule has 2 fully saturated rings. The third-order valence-corrected chi connectivity index (χ3v) is 4.16. The van der Waals surface area contributed by atoms with Gasteiger partial charge in [-0.3, -0.25) is 0 Å². The molecule has 1 aromatic carbocycles. The van der Waals surface area contributed by atoms with Crippen LogP contribution in [0.15, 0.2) is 35.9 Å². The van der Waals surface area contributed by atoms with Crippen molar-refractivity contribution in [1.82, 2.24) is 0 Å². The van der Waals surface area contributed by atoms with Crippen LogP contribution in [0.3, 0.4) is 0 Å². The Bertz CT molecular complexity index is 487. The van der Waals surface area contributed by atoms with Crippen molar-refractivity contribution in [1.29, 1.82) is 0 Å². The summed E-state index contributed by atoms with van der Waals surface area (Å²) in [7, 11) is 0. The number of fused-ring (bicyclic) bond motifs is 1. The van der Waals surface area contributed by atoms with E-state index in [0.717, 1.165) is 29.6 Å². The second kappa shape index (κ2) is 4.60. The van der Waals surface area contributed by atoms with Gasteiger partial charge in [0.25, 0.3) is 0 Å². The van der Waals surface area contributed by atoms with Crippen molar-refractivity contribution in [3.05, 3.63) is 41.5 Å². The first-order valence-corrected chi connectivity index (χ1v) is 6.74. The molecule has 3 rings (SSSR count). The molecule has 18 heavy (non-hydrogen) atoms. The van der Waals surface area contributed by atoms with E-state index in [4.69, 9.17) is 4.74 Å². The van der Waals surface area contributed by atoms with Crippen LogP contribution in [0, 0.1) is 5.92 Å². The van der Waals surface area contributed by atoms with Gasteiger partial charge in [-0.25, -0.2) is 4.79 Å². The van der Waals surface area contributed by atoms with E-state index in [2.05, 4.69) is 12.1 Å². The number of esters is 1. The fraction of sp³-hybridized carbons (Fsp3) is 0.438. The van der Waals surface area contributed by atoms with Gasteiger partial charge in [0.15, 0.2) is 0 Å². The maximum atomic E-state index is 12.1. The highest BCUT2D eigenvalue weighted by molar-refractivity contribution is 5.99. The van der Waals surface area contributed by atoms with Crippen LogP contribution in [0.2, 0.25) is 0 Å². The molecular weight excluding hydrogens is 224 g/mol. The van der Waals surface area contributed by atoms with Crippen molar-refractivity contribution in [2.45, 2.75) is 38.7 Å². The fourth-order valence-corrected chi connectivity index (χ4v) is 3.20. The Morgan fingerprint density at radius 2 is 1.89 bits per heavy atom. The molecule has 1 aromatic rings. The molecule has 1 saturated heterocycles. The van der Waals surface area contributed by atoms with Crippen LogP contribution < -0.4 is 0 Å². The van der Waals surface area contributed by atoms with E-state index in [1.54, 1.807) is 0 Å². The predicted molar refractivity (Wildman–Crippen MR) is 70.9 cm³/mol. The minimum absolute atomic E-state index is 0.0896. The highest BCUT2D eigenvalue weighted by Gasteiger charge is 2.42. The molecule has 2 aliphatic rings. The molecular formula is C16H18O2. The van der Waals surface area contributed by atoms with E-state index in [1.807, 2.05) is 25.1 Å². The second-order valence-electron chi connectivity index (χ2n) is 5.24. The lowest BCUT2D eigenvalue weighted by Crippen LogP contribution is -2.21. The van der Waals surface area contributed by atoms with E-state index in [9.17, 15) is 4.79 Å². The number of benzene rings is 1. The monoisotopic (exact) mass is 242 g/mol. The molecule has 0 spiro atoms. The quantitative estimate of drug-likeness (QED) is 0.556. The summed E-state index contributed by atoms with van der Waals surface area (Å²) in [6.45, 7) is 2.04. The smallest absolute Gasteiger partial charge is 0.335 e. The average molecular weight is 242 g/mol. The van der Waals surface area contributed by atoms with Crippen molar-refractivity contribution >= 4 is 11.5 Å². The summed E-state index contributed by atoms with van der Waals surface area (Å²) in [5.74, 6) is 0.236. The number of carbonyl (C=O) groups is 1. The van der Waals surface area contributed by atoms with Crippen LogP contribution in [0.25, 0.3) is 5.57 Å². The molecule has 1 heterocycles. The first kappa shape index (κ1) is 11.5. The molecule has 0 amide bonds. The van der Waals surface area contributed by atoms with E-state index >= 15 is 0 Å². The molecule has 1 saturated carbocycles. The van der Waals surface area contributed by atoms with Crippen LogP contribution >= 0.6 is 0 Å². The Labute approximate surface area is 108 Å². The normalized spacial score (nSPS) is 29.7. The first-order chi connectivity index (χ1) is 8.77. The Morgan fingerprint density at radius 1 is 1.17 bits per heavy atom. The molecule has 2 heteroatoms. The zero-order valence-electron chi connectivity index (χ0n) is 10.7. The van der Waals surface area contributed by atoms with Crippen LogP contribution in [0.5, 0.6) is 0 Å². The summed E-state index contributed by atoms with van der Waals surface area (Å²) < 4.78 is 5.52. The van der Waals surface area contributed by atoms with Crippen LogP contribution in [-0.4, -0.2) is 12.1 Å². The lowest BCUT2D eigenvalue weighted by Gasteiger charge is -2.23. The van der Waals surface area contributed by atoms with Gasteiger partial charge in [0.2, 0.25) is 0 Å². The minimum atomic E-state index is -0.0896. The van der Waals surface area contributed by atoms with Crippen molar-refractivity contribution < 1.29 is 9.53 Å². The van der Waals surface area contributed by atoms with Gasteiger partial charge >= 0.3 is 5.97 Å². The predicted octanol–water partition coefficient (Wildman–Crippen LogP) is 3.58. The summed E-state index contributed by atoms with van der Waals surface area (Å²) in [5, 5.41) is 0. The molecule has 0 aromatic heterocycles. The third kappa shape index (κ3) is 1.86. The summed E-state index contributed by atoms with van der Waals surface area (Å²) in [5.41, 5.74) is 3.15. The SMILES string of the molecule is C/C(=C1\C(=O)O[C@H]2CCCC[C@H]12)c1ccccc1. The number of ether oxygens (including phenoxy) is 1. The van der Waals surface area contributed by atoms with Gasteiger partial charge in [0.05, 0.1) is 0 Å². The Kier molecular flexibility index (Phi) is 2.94. The van der Waals surface area contributed by atoms with E-state index in [1.165, 1.54) is 12.8 Å². The highest BCUT2D eigenvalue weighted by atomic mass is 16.6. The average Bonchev–Trinajstić information content (AvgIpc) is 2.75. The third-order valence-electron chi connectivity index (χ3n) is 4.16. The second-order valence-corrected chi connectivity index (χ2v) is 5.24. The molecule has 2 nitrogen and oxygen atoms in total. The molecule has 0 radical (unpaired) electrons. The Hall–Kier alpha value is -1.57. The van der Waals surface area contributed by atoms with Gasteiger partial charge in [-0.1, -0.05) is 36.8 Å². The van der Waals surface area contributed by atoms with Crippen molar-refractivity contribution in [2.24, 2.45) is 5.92 Å². The van der Waals surface area contributed by atoms with Gasteiger partial charge in [0.1, 0.15) is 6.10 Å².